The van der Waals surface area contributed by atoms with E-state index in [4.69, 9.17) is 34.8 Å². The van der Waals surface area contributed by atoms with E-state index in [1.54, 1.807) is 6.34 Å². The van der Waals surface area contributed by atoms with Crippen molar-refractivity contribution in [3.05, 3.63) is 0 Å². The van der Waals surface area contributed by atoms with Gasteiger partial charge in [0.1, 0.15) is 6.34 Å². The van der Waals surface area contributed by atoms with Crippen LogP contribution in [0.25, 0.3) is 0 Å². The van der Waals surface area contributed by atoms with E-state index in [0.717, 1.165) is 19.5 Å². The molecule has 0 aromatic carbocycles. The maximum absolute atomic E-state index is 6.06. The first-order valence-corrected chi connectivity index (χ1v) is 6.92. The van der Waals surface area contributed by atoms with Gasteiger partial charge in [0, 0.05) is 13.1 Å². The van der Waals surface area contributed by atoms with Crippen molar-refractivity contribution in [3.63, 3.8) is 0 Å². The van der Waals surface area contributed by atoms with Crippen molar-refractivity contribution in [2.75, 3.05) is 13.1 Å². The molecule has 0 aliphatic carbocycles. The van der Waals surface area contributed by atoms with Crippen LogP contribution in [0.5, 0.6) is 0 Å². The summed E-state index contributed by atoms with van der Waals surface area (Å²) in [5.41, 5.74) is 0.127. The fraction of sp³-hybridized carbons (Fsp3) is 0.909. The molecule has 6 heteroatoms. The van der Waals surface area contributed by atoms with E-state index in [-0.39, 0.29) is 11.6 Å². The van der Waals surface area contributed by atoms with Gasteiger partial charge in [0.05, 0.1) is 0 Å². The first-order valence-electron chi connectivity index (χ1n) is 5.78. The van der Waals surface area contributed by atoms with E-state index in [2.05, 4.69) is 32.8 Å². The van der Waals surface area contributed by atoms with Gasteiger partial charge in [-0.1, -0.05) is 62.5 Å². The van der Waals surface area contributed by atoms with Crippen molar-refractivity contribution in [2.24, 2.45) is 10.5 Å². The molecule has 1 atom stereocenters. The summed E-state index contributed by atoms with van der Waals surface area (Å²) in [5.74, 6) is 0. The molecule has 1 rings (SSSR count). The Hall–Kier alpha value is 0.140. The minimum Gasteiger partial charge on any atom is -0.335 e. The molecule has 100 valence electrons. The first-order chi connectivity index (χ1) is 7.65. The van der Waals surface area contributed by atoms with Crippen LogP contribution in [0.4, 0.5) is 0 Å². The standard InChI is InChI=1S/C11H20Cl3N3/c1-5-6-17-9(11(12,13)14)16(8-15-17)7-10(2,3)4/h8-9H,5-7H2,1-4H3. The molecule has 0 saturated carbocycles. The van der Waals surface area contributed by atoms with Crippen LogP contribution in [0.3, 0.4) is 0 Å². The zero-order chi connectivity index (χ0) is 13.3. The molecule has 0 spiro atoms. The molecule has 1 unspecified atom stereocenters. The Morgan fingerprint density at radius 1 is 1.24 bits per heavy atom. The number of rotatable bonds is 3. The molecule has 0 bridgehead atoms. The van der Waals surface area contributed by atoms with E-state index in [0.29, 0.717) is 0 Å². The van der Waals surface area contributed by atoms with Crippen LogP contribution in [0.1, 0.15) is 34.1 Å². The molecule has 1 aliphatic heterocycles. The van der Waals surface area contributed by atoms with Crippen molar-refractivity contribution in [1.29, 1.82) is 0 Å². The Morgan fingerprint density at radius 3 is 2.24 bits per heavy atom. The monoisotopic (exact) mass is 299 g/mol. The Morgan fingerprint density at radius 2 is 1.82 bits per heavy atom. The number of halogens is 3. The lowest BCUT2D eigenvalue weighted by Gasteiger charge is -2.37. The molecular formula is C11H20Cl3N3. The Balaban J connectivity index is 2.81. The van der Waals surface area contributed by atoms with Gasteiger partial charge in [0.15, 0.2) is 6.17 Å². The van der Waals surface area contributed by atoms with Gasteiger partial charge in [-0.05, 0) is 11.8 Å². The molecule has 0 amide bonds. The van der Waals surface area contributed by atoms with Gasteiger partial charge in [-0.3, -0.25) is 5.01 Å². The van der Waals surface area contributed by atoms with Crippen molar-refractivity contribution < 1.29 is 0 Å². The Bertz CT molecular complexity index is 281. The summed E-state index contributed by atoms with van der Waals surface area (Å²) in [6, 6.07) is 0. The predicted octanol–water partition coefficient (Wildman–Crippen LogP) is 3.70. The highest BCUT2D eigenvalue weighted by atomic mass is 35.6. The van der Waals surface area contributed by atoms with Gasteiger partial charge in [-0.25, -0.2) is 0 Å². The summed E-state index contributed by atoms with van der Waals surface area (Å²) >= 11 is 18.2. The molecule has 1 heterocycles. The maximum atomic E-state index is 6.06. The molecule has 0 N–H and O–H groups in total. The molecule has 0 saturated heterocycles. The fourth-order valence-corrected chi connectivity index (χ4v) is 2.59. The smallest absolute Gasteiger partial charge is 0.230 e. The normalized spacial score (nSPS) is 21.5. The van der Waals surface area contributed by atoms with E-state index < -0.39 is 3.79 Å². The van der Waals surface area contributed by atoms with Gasteiger partial charge in [-0.15, -0.1) is 0 Å². The third-order valence-electron chi connectivity index (χ3n) is 2.35. The summed E-state index contributed by atoms with van der Waals surface area (Å²) in [4.78, 5) is 2.00. The van der Waals surface area contributed by atoms with Crippen LogP contribution in [0.2, 0.25) is 0 Å². The lowest BCUT2D eigenvalue weighted by molar-refractivity contribution is 0.110. The highest BCUT2D eigenvalue weighted by Gasteiger charge is 2.44. The van der Waals surface area contributed by atoms with Gasteiger partial charge in [0.2, 0.25) is 3.79 Å². The molecule has 17 heavy (non-hydrogen) atoms. The summed E-state index contributed by atoms with van der Waals surface area (Å²) < 4.78 is -1.36. The second-order valence-electron chi connectivity index (χ2n) is 5.54. The average Bonchev–Trinajstić information content (AvgIpc) is 2.44. The number of hydrazone groups is 1. The average molecular weight is 301 g/mol. The molecular weight excluding hydrogens is 281 g/mol. The second kappa shape index (κ2) is 5.41. The molecule has 3 nitrogen and oxygen atoms in total. The highest BCUT2D eigenvalue weighted by Crippen LogP contribution is 2.38. The minimum absolute atomic E-state index is 0.127. The summed E-state index contributed by atoms with van der Waals surface area (Å²) in [6.07, 6.45) is 2.43. The lowest BCUT2D eigenvalue weighted by atomic mass is 9.96. The number of alkyl halides is 3. The molecule has 0 radical (unpaired) electrons. The molecule has 0 aromatic rings. The predicted molar refractivity (Wildman–Crippen MR) is 75.7 cm³/mol. The van der Waals surface area contributed by atoms with E-state index in [1.165, 1.54) is 0 Å². The maximum Gasteiger partial charge on any atom is 0.230 e. The van der Waals surface area contributed by atoms with E-state index >= 15 is 0 Å². The van der Waals surface area contributed by atoms with Crippen LogP contribution >= 0.6 is 34.8 Å². The molecule has 0 fully saturated rings. The van der Waals surface area contributed by atoms with Gasteiger partial charge < -0.3 is 4.90 Å². The quantitative estimate of drug-likeness (QED) is 0.740. The van der Waals surface area contributed by atoms with Gasteiger partial charge >= 0.3 is 0 Å². The van der Waals surface area contributed by atoms with Crippen LogP contribution in [-0.2, 0) is 0 Å². The summed E-state index contributed by atoms with van der Waals surface area (Å²) in [7, 11) is 0. The van der Waals surface area contributed by atoms with E-state index in [9.17, 15) is 0 Å². The topological polar surface area (TPSA) is 18.8 Å². The molecule has 0 aromatic heterocycles. The number of hydrogen-bond donors (Lipinski definition) is 0. The minimum atomic E-state index is -1.36. The van der Waals surface area contributed by atoms with Crippen molar-refractivity contribution in [1.82, 2.24) is 9.91 Å². The third-order valence-corrected chi connectivity index (χ3v) is 2.93. The zero-order valence-electron chi connectivity index (χ0n) is 10.8. The van der Waals surface area contributed by atoms with Crippen LogP contribution < -0.4 is 0 Å². The largest absolute Gasteiger partial charge is 0.335 e. The van der Waals surface area contributed by atoms with Crippen molar-refractivity contribution >= 4 is 41.1 Å². The fourth-order valence-electron chi connectivity index (χ4n) is 1.87. The van der Waals surface area contributed by atoms with Crippen molar-refractivity contribution in [3.8, 4) is 0 Å². The van der Waals surface area contributed by atoms with Crippen LogP contribution in [0.15, 0.2) is 5.10 Å². The Kier molecular flexibility index (Phi) is 4.84. The SMILES string of the molecule is CCCN1N=CN(CC(C)(C)C)C1C(Cl)(Cl)Cl. The number of hydrogen-bond acceptors (Lipinski definition) is 3. The summed E-state index contributed by atoms with van der Waals surface area (Å²) in [5, 5.41) is 6.17. The van der Waals surface area contributed by atoms with Gasteiger partial charge in [-0.2, -0.15) is 5.10 Å². The second-order valence-corrected chi connectivity index (χ2v) is 7.91. The highest BCUT2D eigenvalue weighted by molar-refractivity contribution is 6.68. The molecule has 1 aliphatic rings. The van der Waals surface area contributed by atoms with Crippen molar-refractivity contribution in [2.45, 2.75) is 44.1 Å². The lowest BCUT2D eigenvalue weighted by Crippen LogP contribution is -2.51. The van der Waals surface area contributed by atoms with E-state index in [1.807, 2.05) is 9.91 Å². The zero-order valence-corrected chi connectivity index (χ0v) is 13.0. The Labute approximate surface area is 119 Å². The third kappa shape index (κ3) is 4.38. The summed E-state index contributed by atoms with van der Waals surface area (Å²) in [6.45, 7) is 10.1. The number of nitrogens with zero attached hydrogens (tertiary/aromatic N) is 3. The van der Waals surface area contributed by atoms with Crippen LogP contribution in [-0.4, -0.2) is 39.3 Å². The van der Waals surface area contributed by atoms with Gasteiger partial charge in [0.25, 0.3) is 0 Å². The van der Waals surface area contributed by atoms with Crippen LogP contribution in [0, 0.1) is 5.41 Å². The first kappa shape index (κ1) is 15.2.